The number of rotatable bonds is 6. The predicted molar refractivity (Wildman–Crippen MR) is 59.1 cm³/mol. The molecule has 0 heterocycles. The molecule has 0 saturated heterocycles. The Bertz CT molecular complexity index is 194. The van der Waals surface area contributed by atoms with Crippen LogP contribution in [-0.4, -0.2) is 12.1 Å². The lowest BCUT2D eigenvalue weighted by Crippen LogP contribution is -2.24. The molecule has 0 aromatic heterocycles. The first-order valence-electron chi connectivity index (χ1n) is 5.41. The van der Waals surface area contributed by atoms with Crippen LogP contribution in [0.4, 0.5) is 0 Å². The van der Waals surface area contributed by atoms with Gasteiger partial charge in [-0.1, -0.05) is 40.7 Å². The first-order chi connectivity index (χ1) is 6.52. The van der Waals surface area contributed by atoms with Gasteiger partial charge in [-0.05, 0) is 18.8 Å². The van der Waals surface area contributed by atoms with Gasteiger partial charge in [-0.2, -0.15) is 0 Å². The summed E-state index contributed by atoms with van der Waals surface area (Å²) in [6, 6.07) is 0. The maximum Gasteiger partial charge on any atom is 0.333 e. The van der Waals surface area contributed by atoms with Crippen LogP contribution in [0.1, 0.15) is 47.0 Å². The fraction of sp³-hybridized carbons (Fsp3) is 0.750. The molecule has 0 aromatic rings. The number of esters is 1. The highest BCUT2D eigenvalue weighted by molar-refractivity contribution is 5.87. The van der Waals surface area contributed by atoms with Crippen molar-refractivity contribution in [3.8, 4) is 0 Å². The van der Waals surface area contributed by atoms with Crippen molar-refractivity contribution >= 4 is 5.97 Å². The summed E-state index contributed by atoms with van der Waals surface area (Å²) < 4.78 is 5.37. The summed E-state index contributed by atoms with van der Waals surface area (Å²) in [6.45, 7) is 11.8. The van der Waals surface area contributed by atoms with E-state index >= 15 is 0 Å². The zero-order chi connectivity index (χ0) is 11.1. The SMILES string of the molecule is C=C(CC)C(=O)OC(CCC)C(C)C. The summed E-state index contributed by atoms with van der Waals surface area (Å²) in [7, 11) is 0. The summed E-state index contributed by atoms with van der Waals surface area (Å²) >= 11 is 0. The normalized spacial score (nSPS) is 12.6. The Labute approximate surface area is 87.3 Å². The summed E-state index contributed by atoms with van der Waals surface area (Å²) in [5.74, 6) is 0.142. The first-order valence-corrected chi connectivity index (χ1v) is 5.41. The van der Waals surface area contributed by atoms with E-state index in [1.807, 2.05) is 6.92 Å². The molecular formula is C12H22O2. The third kappa shape index (κ3) is 4.45. The molecule has 1 atom stereocenters. The van der Waals surface area contributed by atoms with Crippen molar-refractivity contribution in [1.29, 1.82) is 0 Å². The Kier molecular flexibility index (Phi) is 6.26. The molecule has 0 aromatic carbocycles. The quantitative estimate of drug-likeness (QED) is 0.483. The second-order valence-corrected chi connectivity index (χ2v) is 3.93. The van der Waals surface area contributed by atoms with Gasteiger partial charge in [-0.3, -0.25) is 0 Å². The molecule has 2 nitrogen and oxygen atoms in total. The standard InChI is InChI=1S/C12H22O2/c1-6-8-11(9(3)4)14-12(13)10(5)7-2/h9,11H,5-8H2,1-4H3. The highest BCUT2D eigenvalue weighted by Gasteiger charge is 2.18. The lowest BCUT2D eigenvalue weighted by atomic mass is 10.0. The molecule has 0 aliphatic heterocycles. The van der Waals surface area contributed by atoms with Crippen LogP contribution in [0.5, 0.6) is 0 Å². The van der Waals surface area contributed by atoms with Crippen molar-refractivity contribution in [2.75, 3.05) is 0 Å². The third-order valence-electron chi connectivity index (χ3n) is 2.29. The summed E-state index contributed by atoms with van der Waals surface area (Å²) in [5.41, 5.74) is 0.562. The molecule has 82 valence electrons. The second kappa shape index (κ2) is 6.63. The fourth-order valence-corrected chi connectivity index (χ4v) is 1.18. The van der Waals surface area contributed by atoms with Crippen LogP contribution in [0, 0.1) is 5.92 Å². The highest BCUT2D eigenvalue weighted by Crippen LogP contribution is 2.15. The van der Waals surface area contributed by atoms with E-state index in [2.05, 4.69) is 27.4 Å². The van der Waals surface area contributed by atoms with Crippen LogP contribution in [0.25, 0.3) is 0 Å². The zero-order valence-corrected chi connectivity index (χ0v) is 9.80. The van der Waals surface area contributed by atoms with Crippen molar-refractivity contribution in [3.63, 3.8) is 0 Å². The molecule has 0 spiro atoms. The minimum absolute atomic E-state index is 0.0378. The summed E-state index contributed by atoms with van der Waals surface area (Å²) in [6.07, 6.45) is 2.67. The zero-order valence-electron chi connectivity index (χ0n) is 9.80. The monoisotopic (exact) mass is 198 g/mol. The average molecular weight is 198 g/mol. The van der Waals surface area contributed by atoms with Crippen molar-refractivity contribution in [1.82, 2.24) is 0 Å². The Morgan fingerprint density at radius 3 is 2.29 bits per heavy atom. The average Bonchev–Trinajstić information content (AvgIpc) is 2.15. The van der Waals surface area contributed by atoms with Crippen LogP contribution < -0.4 is 0 Å². The highest BCUT2D eigenvalue weighted by atomic mass is 16.5. The van der Waals surface area contributed by atoms with Crippen LogP contribution >= 0.6 is 0 Å². The molecule has 2 heteroatoms. The molecule has 0 amide bonds. The molecule has 14 heavy (non-hydrogen) atoms. The number of hydrogen-bond acceptors (Lipinski definition) is 2. The van der Waals surface area contributed by atoms with Gasteiger partial charge in [0.25, 0.3) is 0 Å². The fourth-order valence-electron chi connectivity index (χ4n) is 1.18. The van der Waals surface area contributed by atoms with E-state index in [0.29, 0.717) is 17.9 Å². The Morgan fingerprint density at radius 1 is 1.36 bits per heavy atom. The van der Waals surface area contributed by atoms with Crippen LogP contribution in [0.3, 0.4) is 0 Å². The Morgan fingerprint density at radius 2 is 1.93 bits per heavy atom. The summed E-state index contributed by atoms with van der Waals surface area (Å²) in [4.78, 5) is 11.4. The van der Waals surface area contributed by atoms with Crippen LogP contribution in [0.15, 0.2) is 12.2 Å². The van der Waals surface area contributed by atoms with Crippen molar-refractivity contribution in [2.45, 2.75) is 53.1 Å². The topological polar surface area (TPSA) is 26.3 Å². The molecule has 0 bridgehead atoms. The van der Waals surface area contributed by atoms with E-state index in [1.165, 1.54) is 0 Å². The van der Waals surface area contributed by atoms with Crippen LogP contribution in [0.2, 0.25) is 0 Å². The largest absolute Gasteiger partial charge is 0.459 e. The van der Waals surface area contributed by atoms with Crippen molar-refractivity contribution in [2.24, 2.45) is 5.92 Å². The minimum Gasteiger partial charge on any atom is -0.459 e. The number of ether oxygens (including phenoxy) is 1. The van der Waals surface area contributed by atoms with Gasteiger partial charge in [0.2, 0.25) is 0 Å². The van der Waals surface area contributed by atoms with Crippen LogP contribution in [-0.2, 0) is 9.53 Å². The lowest BCUT2D eigenvalue weighted by Gasteiger charge is -2.21. The van der Waals surface area contributed by atoms with E-state index in [1.54, 1.807) is 0 Å². The van der Waals surface area contributed by atoms with Gasteiger partial charge >= 0.3 is 5.97 Å². The van der Waals surface area contributed by atoms with E-state index in [9.17, 15) is 4.79 Å². The molecular weight excluding hydrogens is 176 g/mol. The Hall–Kier alpha value is -0.790. The maximum absolute atomic E-state index is 11.4. The second-order valence-electron chi connectivity index (χ2n) is 3.93. The van der Waals surface area contributed by atoms with Crippen molar-refractivity contribution < 1.29 is 9.53 Å². The van der Waals surface area contributed by atoms with E-state index in [4.69, 9.17) is 4.74 Å². The molecule has 0 rings (SSSR count). The molecule has 0 saturated carbocycles. The predicted octanol–water partition coefficient (Wildman–Crippen LogP) is 3.32. The molecule has 0 aliphatic carbocycles. The van der Waals surface area contributed by atoms with Crippen molar-refractivity contribution in [3.05, 3.63) is 12.2 Å². The molecule has 0 N–H and O–H groups in total. The smallest absolute Gasteiger partial charge is 0.333 e. The van der Waals surface area contributed by atoms with Gasteiger partial charge in [0.05, 0.1) is 0 Å². The van der Waals surface area contributed by atoms with E-state index in [0.717, 1.165) is 12.8 Å². The number of carbonyl (C=O) groups is 1. The molecule has 0 aliphatic rings. The third-order valence-corrected chi connectivity index (χ3v) is 2.29. The number of hydrogen-bond donors (Lipinski definition) is 0. The van der Waals surface area contributed by atoms with E-state index in [-0.39, 0.29) is 12.1 Å². The molecule has 0 fully saturated rings. The molecule has 1 unspecified atom stereocenters. The molecule has 0 radical (unpaired) electrons. The maximum atomic E-state index is 11.4. The minimum atomic E-state index is -0.236. The van der Waals surface area contributed by atoms with Gasteiger partial charge < -0.3 is 4.74 Å². The lowest BCUT2D eigenvalue weighted by molar-refractivity contribution is -0.147. The number of carbonyl (C=O) groups excluding carboxylic acids is 1. The Balaban J connectivity index is 4.15. The first kappa shape index (κ1) is 13.2. The van der Waals surface area contributed by atoms with Gasteiger partial charge in [0.15, 0.2) is 0 Å². The summed E-state index contributed by atoms with van der Waals surface area (Å²) in [5, 5.41) is 0. The van der Waals surface area contributed by atoms with Gasteiger partial charge in [0.1, 0.15) is 6.10 Å². The van der Waals surface area contributed by atoms with Gasteiger partial charge in [-0.25, -0.2) is 4.79 Å². The van der Waals surface area contributed by atoms with Gasteiger partial charge in [0, 0.05) is 5.57 Å². The van der Waals surface area contributed by atoms with E-state index < -0.39 is 0 Å². The van der Waals surface area contributed by atoms with Gasteiger partial charge in [-0.15, -0.1) is 0 Å².